The average molecular weight is 307 g/mol. The lowest BCUT2D eigenvalue weighted by atomic mass is 9.85. The van der Waals surface area contributed by atoms with E-state index in [9.17, 15) is 5.11 Å². The quantitative estimate of drug-likeness (QED) is 0.925. The van der Waals surface area contributed by atoms with Gasteiger partial charge in [0.15, 0.2) is 0 Å². The first-order valence-electron chi connectivity index (χ1n) is 7.51. The van der Waals surface area contributed by atoms with Gasteiger partial charge in [0, 0.05) is 24.2 Å². The van der Waals surface area contributed by atoms with Gasteiger partial charge in [-0.3, -0.25) is 0 Å². The Hall–Kier alpha value is -1.24. The van der Waals surface area contributed by atoms with Crippen LogP contribution in [0.5, 0.6) is 0 Å². The molecule has 1 aliphatic rings. The van der Waals surface area contributed by atoms with E-state index in [2.05, 4.69) is 24.8 Å². The van der Waals surface area contributed by atoms with E-state index >= 15 is 0 Å². The number of nitriles is 1. The Balaban J connectivity index is 2.40. The lowest BCUT2D eigenvalue weighted by Crippen LogP contribution is -2.40. The van der Waals surface area contributed by atoms with Crippen LogP contribution in [-0.4, -0.2) is 23.3 Å². The van der Waals surface area contributed by atoms with Crippen molar-refractivity contribution >= 4 is 17.3 Å². The van der Waals surface area contributed by atoms with Crippen LogP contribution in [0.3, 0.4) is 0 Å². The summed E-state index contributed by atoms with van der Waals surface area (Å²) in [7, 11) is 0. The summed E-state index contributed by atoms with van der Waals surface area (Å²) >= 11 is 6.37. The molecule has 0 radical (unpaired) electrons. The standard InChI is InChI=1S/C17H23ClN2O/c1-5-13-15(7-6-12(10-19)16(13)18)20-9-8-14(11(20)2)17(3,4)21/h6-7,11,14,21H,5,8-9H2,1-4H3. The zero-order valence-electron chi connectivity index (χ0n) is 13.2. The Bertz CT molecular complexity index is 571. The molecule has 0 amide bonds. The van der Waals surface area contributed by atoms with Gasteiger partial charge in [-0.15, -0.1) is 0 Å². The van der Waals surface area contributed by atoms with Crippen molar-refractivity contribution in [2.45, 2.75) is 52.2 Å². The second-order valence-electron chi connectivity index (χ2n) is 6.37. The number of aliphatic hydroxyl groups is 1. The van der Waals surface area contributed by atoms with Crippen molar-refractivity contribution in [2.75, 3.05) is 11.4 Å². The fraction of sp³-hybridized carbons (Fsp3) is 0.588. The van der Waals surface area contributed by atoms with Gasteiger partial charge in [-0.1, -0.05) is 18.5 Å². The van der Waals surface area contributed by atoms with Crippen LogP contribution >= 0.6 is 11.6 Å². The fourth-order valence-electron chi connectivity index (χ4n) is 3.53. The monoisotopic (exact) mass is 306 g/mol. The minimum absolute atomic E-state index is 0.233. The largest absolute Gasteiger partial charge is 0.390 e. The van der Waals surface area contributed by atoms with Crippen molar-refractivity contribution in [2.24, 2.45) is 5.92 Å². The van der Waals surface area contributed by atoms with Gasteiger partial charge in [0.2, 0.25) is 0 Å². The lowest BCUT2D eigenvalue weighted by molar-refractivity contribution is 0.0156. The summed E-state index contributed by atoms with van der Waals surface area (Å²) in [5.74, 6) is 0.233. The first kappa shape index (κ1) is 16.1. The zero-order valence-corrected chi connectivity index (χ0v) is 13.9. The van der Waals surface area contributed by atoms with Crippen LogP contribution in [0.25, 0.3) is 0 Å². The smallest absolute Gasteiger partial charge is 0.101 e. The normalized spacial score (nSPS) is 22.4. The van der Waals surface area contributed by atoms with Crippen LogP contribution in [0.2, 0.25) is 5.02 Å². The molecule has 1 fully saturated rings. The molecule has 4 heteroatoms. The molecular formula is C17H23ClN2O. The third-order valence-electron chi connectivity index (χ3n) is 4.66. The van der Waals surface area contributed by atoms with E-state index in [0.717, 1.165) is 30.6 Å². The second-order valence-corrected chi connectivity index (χ2v) is 6.75. The maximum absolute atomic E-state index is 10.3. The van der Waals surface area contributed by atoms with Gasteiger partial charge >= 0.3 is 0 Å². The van der Waals surface area contributed by atoms with Crippen LogP contribution in [0, 0.1) is 17.2 Å². The van der Waals surface area contributed by atoms with E-state index in [1.54, 1.807) is 6.07 Å². The van der Waals surface area contributed by atoms with Gasteiger partial charge in [-0.25, -0.2) is 0 Å². The highest BCUT2D eigenvalue weighted by molar-refractivity contribution is 6.33. The van der Waals surface area contributed by atoms with Gasteiger partial charge in [-0.2, -0.15) is 5.26 Å². The summed E-state index contributed by atoms with van der Waals surface area (Å²) in [6.07, 6.45) is 1.76. The van der Waals surface area contributed by atoms with Gasteiger partial charge in [0.1, 0.15) is 6.07 Å². The van der Waals surface area contributed by atoms with Crippen LogP contribution in [0.15, 0.2) is 12.1 Å². The van der Waals surface area contributed by atoms with E-state index in [0.29, 0.717) is 10.6 Å². The second kappa shape index (κ2) is 5.87. The first-order valence-corrected chi connectivity index (χ1v) is 7.89. The molecule has 1 N–H and O–H groups in total. The van der Waals surface area contributed by atoms with Crippen molar-refractivity contribution in [3.05, 3.63) is 28.3 Å². The molecule has 2 atom stereocenters. The molecule has 21 heavy (non-hydrogen) atoms. The van der Waals surface area contributed by atoms with Crippen LogP contribution in [0.1, 0.15) is 45.2 Å². The van der Waals surface area contributed by atoms with Gasteiger partial charge in [0.25, 0.3) is 0 Å². The van der Waals surface area contributed by atoms with Crippen molar-refractivity contribution in [1.82, 2.24) is 0 Å². The summed E-state index contributed by atoms with van der Waals surface area (Å²) in [5.41, 5.74) is 1.97. The molecule has 0 spiro atoms. The van der Waals surface area contributed by atoms with Crippen LogP contribution in [-0.2, 0) is 6.42 Å². The molecule has 2 unspecified atom stereocenters. The Labute approximate surface area is 132 Å². The summed E-state index contributed by atoms with van der Waals surface area (Å²) < 4.78 is 0. The highest BCUT2D eigenvalue weighted by Gasteiger charge is 2.40. The maximum atomic E-state index is 10.3. The lowest BCUT2D eigenvalue weighted by Gasteiger charge is -2.34. The molecule has 1 saturated heterocycles. The van der Waals surface area contributed by atoms with Gasteiger partial charge in [0.05, 0.1) is 16.2 Å². The molecule has 0 bridgehead atoms. The summed E-state index contributed by atoms with van der Waals surface area (Å²) in [5, 5.41) is 20.0. The van der Waals surface area contributed by atoms with E-state index in [-0.39, 0.29) is 12.0 Å². The predicted octanol–water partition coefficient (Wildman–Crippen LogP) is 3.76. The number of rotatable bonds is 3. The van der Waals surface area contributed by atoms with E-state index in [1.807, 2.05) is 19.9 Å². The molecule has 0 saturated carbocycles. The molecule has 0 aromatic heterocycles. The van der Waals surface area contributed by atoms with E-state index in [1.165, 1.54) is 0 Å². The molecule has 1 aliphatic heterocycles. The van der Waals surface area contributed by atoms with Gasteiger partial charge in [-0.05, 0) is 51.3 Å². The van der Waals surface area contributed by atoms with Crippen molar-refractivity contribution in [3.63, 3.8) is 0 Å². The Morgan fingerprint density at radius 2 is 2.14 bits per heavy atom. The molecule has 1 aromatic carbocycles. The topological polar surface area (TPSA) is 47.3 Å². The highest BCUT2D eigenvalue weighted by atomic mass is 35.5. The summed E-state index contributed by atoms with van der Waals surface area (Å²) in [6, 6.07) is 6.18. The third kappa shape index (κ3) is 2.88. The molecule has 2 rings (SSSR count). The van der Waals surface area contributed by atoms with Crippen molar-refractivity contribution in [1.29, 1.82) is 5.26 Å². The SMILES string of the molecule is CCc1c(N2CCC(C(C)(C)O)C2C)ccc(C#N)c1Cl. The van der Waals surface area contributed by atoms with E-state index < -0.39 is 5.60 Å². The minimum atomic E-state index is -0.684. The fourth-order valence-corrected chi connectivity index (χ4v) is 3.86. The molecular weight excluding hydrogens is 284 g/mol. The number of hydrogen-bond donors (Lipinski definition) is 1. The predicted molar refractivity (Wildman–Crippen MR) is 86.8 cm³/mol. The molecule has 3 nitrogen and oxygen atoms in total. The summed E-state index contributed by atoms with van der Waals surface area (Å²) in [4.78, 5) is 2.31. The maximum Gasteiger partial charge on any atom is 0.101 e. The van der Waals surface area contributed by atoms with Crippen LogP contribution in [0.4, 0.5) is 5.69 Å². The first-order chi connectivity index (χ1) is 9.81. The van der Waals surface area contributed by atoms with Gasteiger partial charge < -0.3 is 10.0 Å². The Morgan fingerprint density at radius 1 is 1.48 bits per heavy atom. The number of hydrogen-bond acceptors (Lipinski definition) is 3. The average Bonchev–Trinajstić information content (AvgIpc) is 2.80. The minimum Gasteiger partial charge on any atom is -0.390 e. The summed E-state index contributed by atoms with van der Waals surface area (Å²) in [6.45, 7) is 8.88. The molecule has 0 aliphatic carbocycles. The van der Waals surface area contributed by atoms with E-state index in [4.69, 9.17) is 16.9 Å². The number of benzene rings is 1. The zero-order chi connectivity index (χ0) is 15.8. The molecule has 1 aromatic rings. The van der Waals surface area contributed by atoms with Crippen molar-refractivity contribution in [3.8, 4) is 6.07 Å². The number of nitrogens with zero attached hydrogens (tertiary/aromatic N) is 2. The Kier molecular flexibility index (Phi) is 4.51. The third-order valence-corrected chi connectivity index (χ3v) is 5.10. The number of anilines is 1. The van der Waals surface area contributed by atoms with Crippen LogP contribution < -0.4 is 4.90 Å². The Morgan fingerprint density at radius 3 is 2.62 bits per heavy atom. The van der Waals surface area contributed by atoms with Crippen molar-refractivity contribution < 1.29 is 5.11 Å². The number of halogens is 1. The molecule has 1 heterocycles. The highest BCUT2D eigenvalue weighted by Crippen LogP contribution is 2.39. The molecule has 114 valence electrons.